The number of thiazole rings is 1. The fourth-order valence-electron chi connectivity index (χ4n) is 1.29. The van der Waals surface area contributed by atoms with Gasteiger partial charge in [0.05, 0.1) is 0 Å². The van der Waals surface area contributed by atoms with E-state index in [1.807, 2.05) is 30.3 Å². The van der Waals surface area contributed by atoms with Crippen molar-refractivity contribution in [1.29, 1.82) is 5.26 Å². The van der Waals surface area contributed by atoms with Gasteiger partial charge in [0.2, 0.25) is 0 Å². The Labute approximate surface area is 92.0 Å². The summed E-state index contributed by atoms with van der Waals surface area (Å²) in [4.78, 5) is 5.00. The van der Waals surface area contributed by atoms with Gasteiger partial charge < -0.3 is 5.32 Å². The standard InChI is InChI=1S/C11H9N3S/c1-13-11-14-10(9(7-12)15-11)8-5-3-2-4-6-8/h2-6H,1H3,(H,13,14). The maximum absolute atomic E-state index is 8.98. The molecule has 15 heavy (non-hydrogen) atoms. The van der Waals surface area contributed by atoms with Crippen LogP contribution in [-0.4, -0.2) is 12.0 Å². The van der Waals surface area contributed by atoms with Crippen LogP contribution in [0.3, 0.4) is 0 Å². The van der Waals surface area contributed by atoms with Gasteiger partial charge in [-0.2, -0.15) is 5.26 Å². The first-order valence-electron chi connectivity index (χ1n) is 4.49. The second kappa shape index (κ2) is 4.11. The normalized spacial score (nSPS) is 9.60. The van der Waals surface area contributed by atoms with E-state index in [4.69, 9.17) is 5.26 Å². The second-order valence-electron chi connectivity index (χ2n) is 2.92. The molecule has 3 nitrogen and oxygen atoms in total. The van der Waals surface area contributed by atoms with E-state index >= 15 is 0 Å². The van der Waals surface area contributed by atoms with Crippen LogP contribution in [0.15, 0.2) is 30.3 Å². The van der Waals surface area contributed by atoms with Crippen molar-refractivity contribution >= 4 is 16.5 Å². The van der Waals surface area contributed by atoms with Gasteiger partial charge in [-0.3, -0.25) is 0 Å². The lowest BCUT2D eigenvalue weighted by Crippen LogP contribution is -1.86. The Morgan fingerprint density at radius 2 is 2.07 bits per heavy atom. The zero-order valence-electron chi connectivity index (χ0n) is 8.19. The highest BCUT2D eigenvalue weighted by molar-refractivity contribution is 7.16. The number of benzene rings is 1. The molecule has 0 aliphatic rings. The lowest BCUT2D eigenvalue weighted by molar-refractivity contribution is 1.35. The highest BCUT2D eigenvalue weighted by atomic mass is 32.1. The van der Waals surface area contributed by atoms with Crippen LogP contribution in [0.2, 0.25) is 0 Å². The molecule has 0 saturated carbocycles. The molecular weight excluding hydrogens is 206 g/mol. The zero-order valence-corrected chi connectivity index (χ0v) is 9.01. The van der Waals surface area contributed by atoms with Crippen molar-refractivity contribution in [2.45, 2.75) is 0 Å². The summed E-state index contributed by atoms with van der Waals surface area (Å²) in [5.41, 5.74) is 1.74. The number of nitriles is 1. The summed E-state index contributed by atoms with van der Waals surface area (Å²) in [5, 5.41) is 12.7. The first-order chi connectivity index (χ1) is 7.35. The molecule has 0 atom stereocenters. The van der Waals surface area contributed by atoms with Crippen LogP contribution in [0.1, 0.15) is 4.88 Å². The van der Waals surface area contributed by atoms with Gasteiger partial charge in [-0.1, -0.05) is 41.7 Å². The van der Waals surface area contributed by atoms with Crippen LogP contribution in [-0.2, 0) is 0 Å². The summed E-state index contributed by atoms with van der Waals surface area (Å²) in [6.45, 7) is 0. The van der Waals surface area contributed by atoms with Gasteiger partial charge in [0.15, 0.2) is 5.13 Å². The average molecular weight is 215 g/mol. The SMILES string of the molecule is CNc1nc(-c2ccccc2)c(C#N)s1. The Morgan fingerprint density at radius 1 is 1.33 bits per heavy atom. The number of nitrogens with zero attached hydrogens (tertiary/aromatic N) is 2. The zero-order chi connectivity index (χ0) is 10.7. The average Bonchev–Trinajstić information content (AvgIpc) is 2.73. The first kappa shape index (κ1) is 9.69. The van der Waals surface area contributed by atoms with Gasteiger partial charge >= 0.3 is 0 Å². The summed E-state index contributed by atoms with van der Waals surface area (Å²) in [5.74, 6) is 0. The first-order valence-corrected chi connectivity index (χ1v) is 5.31. The van der Waals surface area contributed by atoms with Crippen LogP contribution in [0.4, 0.5) is 5.13 Å². The van der Waals surface area contributed by atoms with Crippen LogP contribution < -0.4 is 5.32 Å². The van der Waals surface area contributed by atoms with Crippen LogP contribution >= 0.6 is 11.3 Å². The minimum absolute atomic E-state index is 0.644. The molecule has 0 saturated heterocycles. The van der Waals surface area contributed by atoms with Crippen LogP contribution in [0, 0.1) is 11.3 Å². The molecule has 0 radical (unpaired) electrons. The molecule has 74 valence electrons. The Bertz CT molecular complexity index is 496. The van der Waals surface area contributed by atoms with Gasteiger partial charge in [-0.25, -0.2) is 4.98 Å². The minimum Gasteiger partial charge on any atom is -0.365 e. The molecule has 0 bridgehead atoms. The van der Waals surface area contributed by atoms with Gasteiger partial charge in [0.1, 0.15) is 16.6 Å². The van der Waals surface area contributed by atoms with Crippen molar-refractivity contribution in [3.8, 4) is 17.3 Å². The Hall–Kier alpha value is -1.86. The summed E-state index contributed by atoms with van der Waals surface area (Å²) in [7, 11) is 1.80. The van der Waals surface area contributed by atoms with Gasteiger partial charge in [0, 0.05) is 12.6 Å². The van der Waals surface area contributed by atoms with Crippen LogP contribution in [0.5, 0.6) is 0 Å². The number of hydrogen-bond donors (Lipinski definition) is 1. The lowest BCUT2D eigenvalue weighted by Gasteiger charge is -1.95. The Balaban J connectivity index is 2.53. The van der Waals surface area contributed by atoms with E-state index in [0.717, 1.165) is 16.4 Å². The second-order valence-corrected chi connectivity index (χ2v) is 3.92. The van der Waals surface area contributed by atoms with Gasteiger partial charge in [-0.05, 0) is 0 Å². The van der Waals surface area contributed by atoms with E-state index in [0.29, 0.717) is 4.88 Å². The topological polar surface area (TPSA) is 48.7 Å². The number of rotatable bonds is 2. The van der Waals surface area contributed by atoms with Crippen LogP contribution in [0.25, 0.3) is 11.3 Å². The molecule has 0 aliphatic carbocycles. The third kappa shape index (κ3) is 1.83. The van der Waals surface area contributed by atoms with Crippen molar-refractivity contribution in [3.63, 3.8) is 0 Å². The molecule has 2 rings (SSSR count). The number of hydrogen-bond acceptors (Lipinski definition) is 4. The molecule has 2 aromatic rings. The minimum atomic E-state index is 0.644. The van der Waals surface area contributed by atoms with E-state index in [-0.39, 0.29) is 0 Å². The Kier molecular flexibility index (Phi) is 2.66. The highest BCUT2D eigenvalue weighted by Gasteiger charge is 2.11. The van der Waals surface area contributed by atoms with E-state index in [1.54, 1.807) is 7.05 Å². The van der Waals surface area contributed by atoms with E-state index in [9.17, 15) is 0 Å². The number of anilines is 1. The third-order valence-corrected chi connectivity index (χ3v) is 2.97. The summed E-state index contributed by atoms with van der Waals surface area (Å²) >= 11 is 1.37. The maximum Gasteiger partial charge on any atom is 0.184 e. The molecule has 0 aliphatic heterocycles. The molecule has 1 aromatic heterocycles. The molecule has 1 heterocycles. The Morgan fingerprint density at radius 3 is 2.67 bits per heavy atom. The van der Waals surface area contributed by atoms with Gasteiger partial charge in [0.25, 0.3) is 0 Å². The third-order valence-electron chi connectivity index (χ3n) is 1.99. The molecule has 0 spiro atoms. The largest absolute Gasteiger partial charge is 0.365 e. The summed E-state index contributed by atoms with van der Waals surface area (Å²) in [6, 6.07) is 11.9. The molecular formula is C11H9N3S. The smallest absolute Gasteiger partial charge is 0.184 e. The molecule has 0 fully saturated rings. The van der Waals surface area contributed by atoms with E-state index < -0.39 is 0 Å². The fourth-order valence-corrected chi connectivity index (χ4v) is 2.03. The molecule has 0 amide bonds. The van der Waals surface area contributed by atoms with Gasteiger partial charge in [-0.15, -0.1) is 0 Å². The monoisotopic (exact) mass is 215 g/mol. The van der Waals surface area contributed by atoms with Crippen molar-refractivity contribution in [3.05, 3.63) is 35.2 Å². The molecule has 1 N–H and O–H groups in total. The predicted octanol–water partition coefficient (Wildman–Crippen LogP) is 2.72. The number of nitrogens with one attached hydrogen (secondary N) is 1. The van der Waals surface area contributed by atoms with E-state index in [2.05, 4.69) is 16.4 Å². The maximum atomic E-state index is 8.98. The quantitative estimate of drug-likeness (QED) is 0.838. The molecule has 1 aromatic carbocycles. The highest BCUT2D eigenvalue weighted by Crippen LogP contribution is 2.29. The van der Waals surface area contributed by atoms with Crippen molar-refractivity contribution < 1.29 is 0 Å². The summed E-state index contributed by atoms with van der Waals surface area (Å²) < 4.78 is 0. The lowest BCUT2D eigenvalue weighted by atomic mass is 10.1. The van der Waals surface area contributed by atoms with Crippen molar-refractivity contribution in [2.24, 2.45) is 0 Å². The van der Waals surface area contributed by atoms with Crippen molar-refractivity contribution in [1.82, 2.24) is 4.98 Å². The molecule has 0 unspecified atom stereocenters. The van der Waals surface area contributed by atoms with E-state index in [1.165, 1.54) is 11.3 Å². The fraction of sp³-hybridized carbons (Fsp3) is 0.0909. The van der Waals surface area contributed by atoms with Crippen molar-refractivity contribution in [2.75, 3.05) is 12.4 Å². The number of aromatic nitrogens is 1. The summed E-state index contributed by atoms with van der Waals surface area (Å²) in [6.07, 6.45) is 0. The predicted molar refractivity (Wildman–Crippen MR) is 61.8 cm³/mol. The molecule has 4 heteroatoms.